The lowest BCUT2D eigenvalue weighted by Crippen LogP contribution is -2.19. The number of alkyl halides is 1. The highest BCUT2D eigenvalue weighted by Crippen LogP contribution is 2.21. The number of aromatic nitrogens is 1. The average Bonchev–Trinajstić information content (AvgIpc) is 2.82. The number of rotatable bonds is 13. The van der Waals surface area contributed by atoms with Crippen LogP contribution in [-0.4, -0.2) is 29.4 Å². The SMILES string of the molecule is CC(=O)/C=C\c1cc(OCCCCn2c(=O)ccc3ccc(OCCCCCl)cc32)ccc1C. The summed E-state index contributed by atoms with van der Waals surface area (Å²) in [5.74, 6) is 2.18. The average molecular weight is 482 g/mol. The Kier molecular flexibility index (Phi) is 9.77. The zero-order chi connectivity index (χ0) is 24.3. The Labute approximate surface area is 206 Å². The fourth-order valence-electron chi connectivity index (χ4n) is 3.63. The highest BCUT2D eigenvalue weighted by molar-refractivity contribution is 6.17. The summed E-state index contributed by atoms with van der Waals surface area (Å²) in [6, 6.07) is 15.2. The zero-order valence-electron chi connectivity index (χ0n) is 19.9. The Morgan fingerprint density at radius 3 is 2.35 bits per heavy atom. The van der Waals surface area contributed by atoms with Crippen LogP contribution in [-0.2, 0) is 11.3 Å². The number of pyridine rings is 1. The number of hydrogen-bond acceptors (Lipinski definition) is 4. The van der Waals surface area contributed by atoms with Gasteiger partial charge in [-0.3, -0.25) is 9.59 Å². The molecule has 1 aromatic heterocycles. The van der Waals surface area contributed by atoms with Crippen molar-refractivity contribution in [2.24, 2.45) is 0 Å². The molecular weight excluding hydrogens is 450 g/mol. The maximum Gasteiger partial charge on any atom is 0.251 e. The van der Waals surface area contributed by atoms with Gasteiger partial charge in [-0.15, -0.1) is 11.6 Å². The third-order valence-corrected chi connectivity index (χ3v) is 5.82. The van der Waals surface area contributed by atoms with Crippen molar-refractivity contribution in [1.82, 2.24) is 4.57 Å². The van der Waals surface area contributed by atoms with E-state index in [4.69, 9.17) is 21.1 Å². The van der Waals surface area contributed by atoms with Crippen LogP contribution in [0.3, 0.4) is 0 Å². The predicted octanol–water partition coefficient (Wildman–Crippen LogP) is 6.17. The molecule has 0 unspecified atom stereocenters. The second kappa shape index (κ2) is 13.0. The minimum Gasteiger partial charge on any atom is -0.494 e. The molecule has 0 atom stereocenters. The molecule has 2 aromatic carbocycles. The molecule has 0 spiro atoms. The second-order valence-electron chi connectivity index (χ2n) is 8.31. The number of nitrogens with zero attached hydrogens (tertiary/aromatic N) is 1. The van der Waals surface area contributed by atoms with Gasteiger partial charge in [0.1, 0.15) is 11.5 Å². The topological polar surface area (TPSA) is 57.5 Å². The number of fused-ring (bicyclic) bond motifs is 1. The lowest BCUT2D eigenvalue weighted by atomic mass is 10.1. The second-order valence-corrected chi connectivity index (χ2v) is 8.68. The van der Waals surface area contributed by atoms with Crippen molar-refractivity contribution in [3.8, 4) is 11.5 Å². The minimum atomic E-state index is -0.0202. The van der Waals surface area contributed by atoms with Crippen LogP contribution < -0.4 is 15.0 Å². The van der Waals surface area contributed by atoms with Gasteiger partial charge in [0.15, 0.2) is 5.78 Å². The van der Waals surface area contributed by atoms with Gasteiger partial charge < -0.3 is 14.0 Å². The normalized spacial score (nSPS) is 11.3. The van der Waals surface area contributed by atoms with Gasteiger partial charge in [0, 0.05) is 24.6 Å². The quantitative estimate of drug-likeness (QED) is 0.166. The molecule has 0 saturated carbocycles. The minimum absolute atomic E-state index is 0.0133. The zero-order valence-corrected chi connectivity index (χ0v) is 20.6. The maximum absolute atomic E-state index is 12.6. The standard InChI is InChI=1S/C28H32ClNO4/c1-21-7-12-25(19-24(21)9-8-22(2)31)33-18-6-4-16-30-27-20-26(34-17-5-3-15-29)13-10-23(27)11-14-28(30)32/h7-14,19-20H,3-6,15-18H2,1-2H3/b9-8-. The lowest BCUT2D eigenvalue weighted by Gasteiger charge is -2.13. The summed E-state index contributed by atoms with van der Waals surface area (Å²) < 4.78 is 13.5. The van der Waals surface area contributed by atoms with E-state index in [-0.39, 0.29) is 11.3 Å². The molecule has 3 rings (SSSR count). The Hall–Kier alpha value is -3.05. The number of carbonyl (C=O) groups is 1. The molecule has 0 bridgehead atoms. The molecule has 0 fully saturated rings. The highest BCUT2D eigenvalue weighted by Gasteiger charge is 2.06. The van der Waals surface area contributed by atoms with Crippen molar-refractivity contribution in [2.45, 2.75) is 46.1 Å². The molecule has 0 aliphatic rings. The fraction of sp³-hybridized carbons (Fsp3) is 0.357. The van der Waals surface area contributed by atoms with Gasteiger partial charge in [-0.05, 0) is 92.5 Å². The van der Waals surface area contributed by atoms with Gasteiger partial charge in [-0.1, -0.05) is 12.1 Å². The molecule has 0 saturated heterocycles. The molecule has 0 amide bonds. The summed E-state index contributed by atoms with van der Waals surface area (Å²) in [5, 5.41) is 1.01. The summed E-state index contributed by atoms with van der Waals surface area (Å²) in [6.07, 6.45) is 6.81. The van der Waals surface area contributed by atoms with Crippen LogP contribution in [0.15, 0.2) is 59.4 Å². The third kappa shape index (κ3) is 7.49. The number of unbranched alkanes of at least 4 members (excludes halogenated alkanes) is 2. The van der Waals surface area contributed by atoms with Gasteiger partial charge >= 0.3 is 0 Å². The van der Waals surface area contributed by atoms with Gasteiger partial charge in [0.05, 0.1) is 18.7 Å². The van der Waals surface area contributed by atoms with Crippen LogP contribution in [0.4, 0.5) is 0 Å². The number of allylic oxidation sites excluding steroid dienone is 1. The number of halogens is 1. The lowest BCUT2D eigenvalue weighted by molar-refractivity contribution is -0.112. The molecule has 3 aromatic rings. The van der Waals surface area contributed by atoms with Crippen LogP contribution in [0.5, 0.6) is 11.5 Å². The third-order valence-electron chi connectivity index (χ3n) is 5.55. The van der Waals surface area contributed by atoms with Gasteiger partial charge in [0.2, 0.25) is 0 Å². The van der Waals surface area contributed by atoms with Crippen LogP contribution in [0.25, 0.3) is 17.0 Å². The van der Waals surface area contributed by atoms with Crippen molar-refractivity contribution in [1.29, 1.82) is 0 Å². The Balaban J connectivity index is 1.58. The monoisotopic (exact) mass is 481 g/mol. The molecule has 0 aliphatic carbocycles. The fourth-order valence-corrected chi connectivity index (χ4v) is 3.82. The molecule has 0 N–H and O–H groups in total. The van der Waals surface area contributed by atoms with Crippen LogP contribution in [0.2, 0.25) is 0 Å². The molecular formula is C28H32ClNO4. The molecule has 180 valence electrons. The van der Waals surface area contributed by atoms with Gasteiger partial charge in [-0.25, -0.2) is 0 Å². The summed E-state index contributed by atoms with van der Waals surface area (Å²) in [6.45, 7) is 5.30. The number of hydrogen-bond donors (Lipinski definition) is 0. The van der Waals surface area contributed by atoms with Crippen LogP contribution in [0, 0.1) is 6.92 Å². The van der Waals surface area contributed by atoms with Crippen molar-refractivity contribution in [3.63, 3.8) is 0 Å². The summed E-state index contributed by atoms with van der Waals surface area (Å²) >= 11 is 5.73. The van der Waals surface area contributed by atoms with E-state index in [0.717, 1.165) is 59.2 Å². The summed E-state index contributed by atoms with van der Waals surface area (Å²) in [7, 11) is 0. The number of benzene rings is 2. The number of ether oxygens (including phenoxy) is 2. The van der Waals surface area contributed by atoms with E-state index in [9.17, 15) is 9.59 Å². The molecule has 0 radical (unpaired) electrons. The van der Waals surface area contributed by atoms with Crippen molar-refractivity contribution >= 4 is 34.4 Å². The first-order valence-electron chi connectivity index (χ1n) is 11.7. The Morgan fingerprint density at radius 1 is 0.941 bits per heavy atom. The first-order chi connectivity index (χ1) is 16.5. The van der Waals surface area contributed by atoms with Gasteiger partial charge in [0.25, 0.3) is 5.56 Å². The summed E-state index contributed by atoms with van der Waals surface area (Å²) in [5.41, 5.74) is 2.91. The molecule has 1 heterocycles. The van der Waals surface area contributed by atoms with Gasteiger partial charge in [-0.2, -0.15) is 0 Å². The Morgan fingerprint density at radius 2 is 1.62 bits per heavy atom. The molecule has 0 aliphatic heterocycles. The van der Waals surface area contributed by atoms with E-state index in [1.165, 1.54) is 6.92 Å². The van der Waals surface area contributed by atoms with E-state index in [0.29, 0.717) is 25.6 Å². The molecule has 6 heteroatoms. The Bertz CT molecular complexity index is 1200. The van der Waals surface area contributed by atoms with E-state index in [2.05, 4.69) is 0 Å². The number of carbonyl (C=O) groups excluding carboxylic acids is 1. The van der Waals surface area contributed by atoms with Crippen molar-refractivity contribution in [2.75, 3.05) is 19.1 Å². The maximum atomic E-state index is 12.6. The largest absolute Gasteiger partial charge is 0.494 e. The first-order valence-corrected chi connectivity index (χ1v) is 12.3. The molecule has 34 heavy (non-hydrogen) atoms. The summed E-state index contributed by atoms with van der Waals surface area (Å²) in [4.78, 5) is 23.8. The number of ketones is 1. The van der Waals surface area contributed by atoms with Crippen LogP contribution >= 0.6 is 11.6 Å². The van der Waals surface area contributed by atoms with E-state index >= 15 is 0 Å². The predicted molar refractivity (Wildman–Crippen MR) is 139 cm³/mol. The van der Waals surface area contributed by atoms with E-state index < -0.39 is 0 Å². The van der Waals surface area contributed by atoms with E-state index in [1.807, 2.05) is 55.5 Å². The number of aryl methyl sites for hydroxylation is 2. The van der Waals surface area contributed by atoms with Crippen molar-refractivity contribution in [3.05, 3.63) is 76.1 Å². The van der Waals surface area contributed by atoms with Crippen LogP contribution in [0.1, 0.15) is 43.7 Å². The molecule has 5 nitrogen and oxygen atoms in total. The first kappa shape index (κ1) is 25.6. The van der Waals surface area contributed by atoms with Crippen molar-refractivity contribution < 1.29 is 14.3 Å². The highest BCUT2D eigenvalue weighted by atomic mass is 35.5. The van der Waals surface area contributed by atoms with E-state index in [1.54, 1.807) is 16.7 Å². The smallest absolute Gasteiger partial charge is 0.251 e.